The first-order valence-electron chi connectivity index (χ1n) is 9.84. The molecule has 0 aliphatic heterocycles. The molecular weight excluding hydrogens is 411 g/mol. The number of ether oxygens (including phenoxy) is 1. The number of benzene rings is 2. The van der Waals surface area contributed by atoms with E-state index in [9.17, 15) is 4.39 Å². The second-order valence-corrected chi connectivity index (χ2v) is 7.21. The van der Waals surface area contributed by atoms with Crippen LogP contribution in [0, 0.1) is 5.82 Å². The number of fused-ring (bicyclic) bond motifs is 1. The second-order valence-electron chi connectivity index (χ2n) is 7.21. The number of aromatic nitrogens is 7. The third kappa shape index (κ3) is 3.85. The van der Waals surface area contributed by atoms with Crippen molar-refractivity contribution in [2.24, 2.45) is 7.05 Å². The third-order valence-corrected chi connectivity index (χ3v) is 4.97. The van der Waals surface area contributed by atoms with E-state index in [4.69, 9.17) is 4.74 Å². The molecular formula is C22H19FN8O. The molecule has 0 amide bonds. The molecule has 1 N–H and O–H groups in total. The second kappa shape index (κ2) is 8.06. The zero-order valence-electron chi connectivity index (χ0n) is 17.4. The first-order valence-corrected chi connectivity index (χ1v) is 9.84. The summed E-state index contributed by atoms with van der Waals surface area (Å²) in [5.41, 5.74) is 4.76. The summed E-state index contributed by atoms with van der Waals surface area (Å²) < 4.78 is 22.4. The van der Waals surface area contributed by atoms with E-state index in [0.29, 0.717) is 12.5 Å². The van der Waals surface area contributed by atoms with Gasteiger partial charge in [-0.3, -0.25) is 4.68 Å². The minimum absolute atomic E-state index is 0.212. The summed E-state index contributed by atoms with van der Waals surface area (Å²) in [5.74, 6) is 0.279. The van der Waals surface area contributed by atoms with Gasteiger partial charge in [-0.1, -0.05) is 17.3 Å². The molecule has 0 saturated heterocycles. The standard InChI is InChI=1S/C22H19FN8O/c1-30-13-16(11-25-30)26-22-24-8-7-18(27-22)15-4-5-20-19(10-15)28-29-31(20)12-14-3-6-21(32-2)17(23)9-14/h3-11,13H,12H2,1-2H3,(H,24,26,27). The van der Waals surface area contributed by atoms with Crippen LogP contribution in [0.4, 0.5) is 16.0 Å². The molecule has 5 aromatic rings. The molecule has 3 aromatic heterocycles. The van der Waals surface area contributed by atoms with Crippen molar-refractivity contribution in [1.29, 1.82) is 0 Å². The number of methoxy groups -OCH3 is 1. The van der Waals surface area contributed by atoms with E-state index in [1.807, 2.05) is 43.6 Å². The van der Waals surface area contributed by atoms with Gasteiger partial charge in [0.15, 0.2) is 11.6 Å². The van der Waals surface area contributed by atoms with Gasteiger partial charge in [-0.15, -0.1) is 5.10 Å². The van der Waals surface area contributed by atoms with E-state index >= 15 is 0 Å². The molecule has 0 atom stereocenters. The van der Waals surface area contributed by atoms with E-state index in [1.54, 1.807) is 27.8 Å². The lowest BCUT2D eigenvalue weighted by Crippen LogP contribution is -2.02. The number of hydrogen-bond acceptors (Lipinski definition) is 7. The Hall–Kier alpha value is -4.34. The molecule has 32 heavy (non-hydrogen) atoms. The monoisotopic (exact) mass is 430 g/mol. The Kier molecular flexibility index (Phi) is 4.94. The summed E-state index contributed by atoms with van der Waals surface area (Å²) in [6, 6.07) is 12.5. The minimum Gasteiger partial charge on any atom is -0.494 e. The fraction of sp³-hybridized carbons (Fsp3) is 0.136. The Bertz CT molecular complexity index is 1410. The first kappa shape index (κ1) is 19.6. The van der Waals surface area contributed by atoms with Gasteiger partial charge in [0, 0.05) is 25.0 Å². The van der Waals surface area contributed by atoms with E-state index in [1.165, 1.54) is 13.2 Å². The number of halogens is 1. The predicted octanol–water partition coefficient (Wildman–Crippen LogP) is 3.56. The highest BCUT2D eigenvalue weighted by molar-refractivity contribution is 5.80. The van der Waals surface area contributed by atoms with Gasteiger partial charge >= 0.3 is 0 Å². The van der Waals surface area contributed by atoms with Gasteiger partial charge in [0.25, 0.3) is 0 Å². The van der Waals surface area contributed by atoms with Crippen LogP contribution in [0.5, 0.6) is 5.75 Å². The van der Waals surface area contributed by atoms with Crippen molar-refractivity contribution in [3.8, 4) is 17.0 Å². The van der Waals surface area contributed by atoms with Crippen LogP contribution in [0.1, 0.15) is 5.56 Å². The molecule has 0 unspecified atom stereocenters. The highest BCUT2D eigenvalue weighted by Gasteiger charge is 2.11. The van der Waals surface area contributed by atoms with Gasteiger partial charge in [-0.05, 0) is 35.9 Å². The molecule has 0 spiro atoms. The van der Waals surface area contributed by atoms with Crippen molar-refractivity contribution >= 4 is 22.7 Å². The van der Waals surface area contributed by atoms with E-state index < -0.39 is 5.82 Å². The van der Waals surface area contributed by atoms with Crippen LogP contribution in [-0.4, -0.2) is 41.9 Å². The maximum Gasteiger partial charge on any atom is 0.227 e. The van der Waals surface area contributed by atoms with Crippen LogP contribution in [0.15, 0.2) is 61.1 Å². The quantitative estimate of drug-likeness (QED) is 0.440. The van der Waals surface area contributed by atoms with Crippen molar-refractivity contribution in [1.82, 2.24) is 34.7 Å². The molecule has 0 fully saturated rings. The molecule has 3 heterocycles. The van der Waals surface area contributed by atoms with E-state index in [0.717, 1.165) is 33.5 Å². The molecule has 10 heteroatoms. The number of nitrogens with zero attached hydrogens (tertiary/aromatic N) is 7. The van der Waals surface area contributed by atoms with Crippen molar-refractivity contribution in [3.05, 3.63) is 72.4 Å². The predicted molar refractivity (Wildman–Crippen MR) is 117 cm³/mol. The Morgan fingerprint density at radius 1 is 1.12 bits per heavy atom. The fourth-order valence-electron chi connectivity index (χ4n) is 3.42. The van der Waals surface area contributed by atoms with Crippen LogP contribution in [0.25, 0.3) is 22.3 Å². The number of aryl methyl sites for hydroxylation is 1. The third-order valence-electron chi connectivity index (χ3n) is 4.97. The lowest BCUT2D eigenvalue weighted by molar-refractivity contribution is 0.386. The number of hydrogen-bond donors (Lipinski definition) is 1. The highest BCUT2D eigenvalue weighted by Crippen LogP contribution is 2.24. The summed E-state index contributed by atoms with van der Waals surface area (Å²) >= 11 is 0. The normalized spacial score (nSPS) is 11.1. The first-order chi connectivity index (χ1) is 15.6. The minimum atomic E-state index is -0.406. The largest absolute Gasteiger partial charge is 0.494 e. The molecule has 5 rings (SSSR count). The van der Waals surface area contributed by atoms with Gasteiger partial charge in [0.05, 0.1) is 36.7 Å². The zero-order valence-corrected chi connectivity index (χ0v) is 17.4. The van der Waals surface area contributed by atoms with Gasteiger partial charge in [-0.2, -0.15) is 5.10 Å². The van der Waals surface area contributed by atoms with Crippen LogP contribution in [0.2, 0.25) is 0 Å². The molecule has 2 aromatic carbocycles. The Morgan fingerprint density at radius 3 is 2.81 bits per heavy atom. The van der Waals surface area contributed by atoms with Gasteiger partial charge < -0.3 is 10.1 Å². The van der Waals surface area contributed by atoms with Crippen LogP contribution >= 0.6 is 0 Å². The van der Waals surface area contributed by atoms with Crippen molar-refractivity contribution in [2.45, 2.75) is 6.54 Å². The van der Waals surface area contributed by atoms with Crippen LogP contribution < -0.4 is 10.1 Å². The topological polar surface area (TPSA) is 95.6 Å². The molecule has 0 aliphatic rings. The molecule has 0 saturated carbocycles. The van der Waals surface area contributed by atoms with Gasteiger partial charge in [0.1, 0.15) is 5.52 Å². The maximum atomic E-state index is 14.0. The number of nitrogens with one attached hydrogen (secondary N) is 1. The van der Waals surface area contributed by atoms with Crippen molar-refractivity contribution in [3.63, 3.8) is 0 Å². The highest BCUT2D eigenvalue weighted by atomic mass is 19.1. The molecule has 0 bridgehead atoms. The van der Waals surface area contributed by atoms with Crippen molar-refractivity contribution < 1.29 is 9.13 Å². The summed E-state index contributed by atoms with van der Waals surface area (Å²) in [5, 5.41) is 15.8. The van der Waals surface area contributed by atoms with Crippen LogP contribution in [-0.2, 0) is 13.6 Å². The van der Waals surface area contributed by atoms with Gasteiger partial charge in [-0.25, -0.2) is 19.0 Å². The fourth-order valence-corrected chi connectivity index (χ4v) is 3.42. The average Bonchev–Trinajstić information content (AvgIpc) is 3.39. The number of rotatable bonds is 6. The lowest BCUT2D eigenvalue weighted by atomic mass is 10.1. The van der Waals surface area contributed by atoms with E-state index in [2.05, 4.69) is 30.7 Å². The zero-order chi connectivity index (χ0) is 22.1. The SMILES string of the molecule is COc1ccc(Cn2nnc3cc(-c4ccnc(Nc5cnn(C)c5)n4)ccc32)cc1F. The maximum absolute atomic E-state index is 14.0. The summed E-state index contributed by atoms with van der Waals surface area (Å²) in [4.78, 5) is 8.86. The molecule has 9 nitrogen and oxygen atoms in total. The molecule has 0 radical (unpaired) electrons. The average molecular weight is 430 g/mol. The summed E-state index contributed by atoms with van der Waals surface area (Å²) in [6.07, 6.45) is 5.24. The Morgan fingerprint density at radius 2 is 2.03 bits per heavy atom. The number of anilines is 2. The van der Waals surface area contributed by atoms with Crippen LogP contribution in [0.3, 0.4) is 0 Å². The lowest BCUT2D eigenvalue weighted by Gasteiger charge is -2.07. The Labute approximate surface area is 182 Å². The molecule has 160 valence electrons. The summed E-state index contributed by atoms with van der Waals surface area (Å²) in [6.45, 7) is 0.392. The van der Waals surface area contributed by atoms with E-state index in [-0.39, 0.29) is 5.75 Å². The smallest absolute Gasteiger partial charge is 0.227 e. The Balaban J connectivity index is 1.40. The van der Waals surface area contributed by atoms with Gasteiger partial charge in [0.2, 0.25) is 5.95 Å². The summed E-state index contributed by atoms with van der Waals surface area (Å²) in [7, 11) is 3.28. The molecule has 0 aliphatic carbocycles. The van der Waals surface area contributed by atoms with Crippen molar-refractivity contribution in [2.75, 3.05) is 12.4 Å².